The first-order valence-corrected chi connectivity index (χ1v) is 3.38. The smallest absolute Gasteiger partial charge is 0.338 e. The Morgan fingerprint density at radius 3 is 2.50 bits per heavy atom. The van der Waals surface area contributed by atoms with Gasteiger partial charge in [-0.2, -0.15) is 0 Å². The van der Waals surface area contributed by atoms with Crippen LogP contribution in [0.2, 0.25) is 0 Å². The Morgan fingerprint density at radius 1 is 1.58 bits per heavy atom. The summed E-state index contributed by atoms with van der Waals surface area (Å²) in [5.74, 6) is -1.04. The van der Waals surface area contributed by atoms with E-state index in [1.807, 2.05) is 0 Å². The van der Waals surface area contributed by atoms with E-state index in [1.165, 1.54) is 0 Å². The van der Waals surface area contributed by atoms with Gasteiger partial charge in [0.15, 0.2) is 12.2 Å². The molecule has 0 saturated carbocycles. The van der Waals surface area contributed by atoms with Gasteiger partial charge in [-0.3, -0.25) is 0 Å². The summed E-state index contributed by atoms with van der Waals surface area (Å²) in [6, 6.07) is 0. The van der Waals surface area contributed by atoms with Gasteiger partial charge in [0.05, 0.1) is 0 Å². The van der Waals surface area contributed by atoms with Crippen LogP contribution in [-0.4, -0.2) is 52.4 Å². The molecule has 1 aliphatic heterocycles. The van der Waals surface area contributed by atoms with Gasteiger partial charge in [-0.05, 0) is 0 Å². The normalized spacial score (nSPS) is 38.0. The van der Waals surface area contributed by atoms with E-state index >= 15 is 0 Å². The molecule has 3 N–H and O–H groups in total. The quantitative estimate of drug-likeness (QED) is 0.426. The summed E-state index contributed by atoms with van der Waals surface area (Å²) >= 11 is 0. The SMILES string of the molecule is O=C1OC([C@@H](O)CF)C(O)C1O. The van der Waals surface area contributed by atoms with Gasteiger partial charge in [-0.25, -0.2) is 9.18 Å². The van der Waals surface area contributed by atoms with Crippen molar-refractivity contribution in [3.05, 3.63) is 0 Å². The third-order valence-corrected chi connectivity index (χ3v) is 1.69. The maximum Gasteiger partial charge on any atom is 0.338 e. The third-order valence-electron chi connectivity index (χ3n) is 1.69. The Hall–Kier alpha value is -0.720. The monoisotopic (exact) mass is 180 g/mol. The predicted octanol–water partition coefficient (Wildman–Crippen LogP) is -2.04. The minimum Gasteiger partial charge on any atom is -0.455 e. The Morgan fingerprint density at radius 2 is 2.17 bits per heavy atom. The number of aliphatic hydroxyl groups excluding tert-OH is 3. The number of cyclic esters (lactones) is 1. The van der Waals surface area contributed by atoms with Crippen LogP contribution >= 0.6 is 0 Å². The van der Waals surface area contributed by atoms with Crippen LogP contribution in [0.1, 0.15) is 0 Å². The zero-order chi connectivity index (χ0) is 9.30. The lowest BCUT2D eigenvalue weighted by molar-refractivity contribution is -0.150. The Balaban J connectivity index is 2.64. The molecular formula is C6H9FO5. The van der Waals surface area contributed by atoms with Gasteiger partial charge in [0.25, 0.3) is 0 Å². The molecule has 1 fully saturated rings. The summed E-state index contributed by atoms with van der Waals surface area (Å²) in [7, 11) is 0. The molecule has 3 unspecified atom stereocenters. The fourth-order valence-corrected chi connectivity index (χ4v) is 0.987. The maximum absolute atomic E-state index is 11.8. The molecule has 4 atom stereocenters. The van der Waals surface area contributed by atoms with Crippen LogP contribution in [-0.2, 0) is 9.53 Å². The molecule has 6 heteroatoms. The summed E-state index contributed by atoms with van der Waals surface area (Å²) in [5.41, 5.74) is 0. The van der Waals surface area contributed by atoms with E-state index in [1.54, 1.807) is 0 Å². The van der Waals surface area contributed by atoms with Crippen molar-refractivity contribution in [2.75, 3.05) is 6.67 Å². The molecule has 5 nitrogen and oxygen atoms in total. The molecule has 0 radical (unpaired) electrons. The van der Waals surface area contributed by atoms with Gasteiger partial charge in [-0.1, -0.05) is 0 Å². The minimum absolute atomic E-state index is 1.04. The number of hydrogen-bond acceptors (Lipinski definition) is 5. The first-order valence-electron chi connectivity index (χ1n) is 3.38. The molecule has 1 rings (SSSR count). The largest absolute Gasteiger partial charge is 0.455 e. The van der Waals surface area contributed by atoms with E-state index in [-0.39, 0.29) is 0 Å². The Labute approximate surface area is 67.4 Å². The number of carbonyl (C=O) groups excluding carboxylic acids is 1. The van der Waals surface area contributed by atoms with Crippen LogP contribution in [0.3, 0.4) is 0 Å². The number of rotatable bonds is 2. The summed E-state index contributed by atoms with van der Waals surface area (Å²) in [4.78, 5) is 10.5. The summed E-state index contributed by atoms with van der Waals surface area (Å²) in [5, 5.41) is 26.7. The number of esters is 1. The third kappa shape index (κ3) is 1.40. The highest BCUT2D eigenvalue weighted by Crippen LogP contribution is 2.18. The molecule has 12 heavy (non-hydrogen) atoms. The van der Waals surface area contributed by atoms with Crippen molar-refractivity contribution in [3.8, 4) is 0 Å². The average molecular weight is 180 g/mol. The molecule has 70 valence electrons. The van der Waals surface area contributed by atoms with E-state index in [0.29, 0.717) is 0 Å². The van der Waals surface area contributed by atoms with Crippen LogP contribution < -0.4 is 0 Å². The van der Waals surface area contributed by atoms with Crippen molar-refractivity contribution >= 4 is 5.97 Å². The lowest BCUT2D eigenvalue weighted by Gasteiger charge is -2.16. The van der Waals surface area contributed by atoms with Gasteiger partial charge in [-0.15, -0.1) is 0 Å². The van der Waals surface area contributed by atoms with Crippen LogP contribution in [0, 0.1) is 0 Å². The van der Waals surface area contributed by atoms with E-state index in [4.69, 9.17) is 15.3 Å². The number of alkyl halides is 1. The number of halogens is 1. The van der Waals surface area contributed by atoms with Crippen LogP contribution in [0.15, 0.2) is 0 Å². The highest BCUT2D eigenvalue weighted by atomic mass is 19.1. The van der Waals surface area contributed by atoms with E-state index < -0.39 is 37.1 Å². The second-order valence-corrected chi connectivity index (χ2v) is 2.56. The Kier molecular flexibility index (Phi) is 2.61. The molecule has 1 heterocycles. The van der Waals surface area contributed by atoms with Gasteiger partial charge < -0.3 is 20.1 Å². The fourth-order valence-electron chi connectivity index (χ4n) is 0.987. The highest BCUT2D eigenvalue weighted by molar-refractivity contribution is 5.77. The molecule has 0 aromatic carbocycles. The lowest BCUT2D eigenvalue weighted by atomic mass is 10.1. The zero-order valence-electron chi connectivity index (χ0n) is 6.05. The van der Waals surface area contributed by atoms with E-state index in [9.17, 15) is 9.18 Å². The van der Waals surface area contributed by atoms with Gasteiger partial charge >= 0.3 is 5.97 Å². The standard InChI is InChI=1S/C6H9FO5/c7-1-2(8)5-3(9)4(10)6(11)12-5/h2-5,8-10H,1H2/t2-,3?,4?,5?/m0/s1. The molecule has 0 aliphatic carbocycles. The lowest BCUT2D eigenvalue weighted by Crippen LogP contribution is -2.39. The number of ether oxygens (including phenoxy) is 1. The Bertz CT molecular complexity index is 185. The average Bonchev–Trinajstić information content (AvgIpc) is 2.32. The molecule has 1 saturated heterocycles. The molecular weight excluding hydrogens is 171 g/mol. The van der Waals surface area contributed by atoms with Gasteiger partial charge in [0, 0.05) is 0 Å². The highest BCUT2D eigenvalue weighted by Gasteiger charge is 2.46. The number of carbonyl (C=O) groups is 1. The van der Waals surface area contributed by atoms with Crippen LogP contribution in [0.25, 0.3) is 0 Å². The van der Waals surface area contributed by atoms with Crippen LogP contribution in [0.5, 0.6) is 0 Å². The predicted molar refractivity (Wildman–Crippen MR) is 33.9 cm³/mol. The van der Waals surface area contributed by atoms with Crippen molar-refractivity contribution in [3.63, 3.8) is 0 Å². The van der Waals surface area contributed by atoms with Gasteiger partial charge in [0.1, 0.15) is 18.9 Å². The first kappa shape index (κ1) is 9.37. The number of aliphatic hydroxyl groups is 3. The number of hydrogen-bond donors (Lipinski definition) is 3. The molecule has 0 aromatic rings. The molecule has 0 aromatic heterocycles. The van der Waals surface area contributed by atoms with Crippen molar-refractivity contribution < 1.29 is 29.2 Å². The second kappa shape index (κ2) is 3.34. The summed E-state index contributed by atoms with van der Waals surface area (Å²) in [6.07, 6.45) is -6.18. The molecule has 0 amide bonds. The van der Waals surface area contributed by atoms with Crippen molar-refractivity contribution in [1.82, 2.24) is 0 Å². The van der Waals surface area contributed by atoms with E-state index in [0.717, 1.165) is 0 Å². The second-order valence-electron chi connectivity index (χ2n) is 2.56. The molecule has 0 bridgehead atoms. The van der Waals surface area contributed by atoms with Gasteiger partial charge in [0.2, 0.25) is 0 Å². The van der Waals surface area contributed by atoms with Crippen LogP contribution in [0.4, 0.5) is 4.39 Å². The molecule has 0 spiro atoms. The topological polar surface area (TPSA) is 87.0 Å². The van der Waals surface area contributed by atoms with Crippen molar-refractivity contribution in [1.29, 1.82) is 0 Å². The minimum atomic E-state index is -1.68. The maximum atomic E-state index is 11.8. The summed E-state index contributed by atoms with van der Waals surface area (Å²) < 4.78 is 16.1. The fraction of sp³-hybridized carbons (Fsp3) is 0.833. The zero-order valence-corrected chi connectivity index (χ0v) is 6.05. The van der Waals surface area contributed by atoms with Crippen molar-refractivity contribution in [2.45, 2.75) is 24.4 Å². The van der Waals surface area contributed by atoms with Crippen molar-refractivity contribution in [2.24, 2.45) is 0 Å². The summed E-state index contributed by atoms with van der Waals surface area (Å²) in [6.45, 7) is -1.14. The van der Waals surface area contributed by atoms with E-state index in [2.05, 4.69) is 4.74 Å². The molecule has 1 aliphatic rings. The first-order chi connectivity index (χ1) is 5.57.